The van der Waals surface area contributed by atoms with Gasteiger partial charge in [-0.15, -0.1) is 0 Å². The van der Waals surface area contributed by atoms with Gasteiger partial charge < -0.3 is 9.84 Å². The van der Waals surface area contributed by atoms with Crippen molar-refractivity contribution in [3.63, 3.8) is 0 Å². The lowest BCUT2D eigenvalue weighted by Gasteiger charge is -2.06. The second-order valence-corrected chi connectivity index (χ2v) is 2.61. The van der Waals surface area contributed by atoms with Gasteiger partial charge in [-0.05, 0) is 19.1 Å². The van der Waals surface area contributed by atoms with Gasteiger partial charge in [0.2, 0.25) is 0 Å². The number of aliphatic carboxylic acids is 1. The lowest BCUT2D eigenvalue weighted by molar-refractivity contribution is -0.149. The zero-order chi connectivity index (χ0) is 9.68. The van der Waals surface area contributed by atoms with E-state index >= 15 is 0 Å². The highest BCUT2D eigenvalue weighted by molar-refractivity contribution is 5.71. The number of rotatable bonds is 4. The van der Waals surface area contributed by atoms with Gasteiger partial charge in [0.05, 0.1) is 12.3 Å². The van der Waals surface area contributed by atoms with Crippen molar-refractivity contribution in [1.82, 2.24) is 4.98 Å². The summed E-state index contributed by atoms with van der Waals surface area (Å²) in [5.41, 5.74) is 0.732. The van der Waals surface area contributed by atoms with Crippen LogP contribution >= 0.6 is 0 Å². The predicted octanol–water partition coefficient (Wildman–Crippen LogP) is 1.07. The monoisotopic (exact) mass is 181 g/mol. The number of carbonyl (C=O) groups is 1. The molecule has 1 aromatic heterocycles. The summed E-state index contributed by atoms with van der Waals surface area (Å²) in [5, 5.41) is 8.51. The lowest BCUT2D eigenvalue weighted by atomic mass is 10.3. The van der Waals surface area contributed by atoms with E-state index in [9.17, 15) is 4.79 Å². The Balaban J connectivity index is 2.39. The van der Waals surface area contributed by atoms with Crippen LogP contribution < -0.4 is 0 Å². The first kappa shape index (κ1) is 9.67. The molecule has 0 aliphatic heterocycles. The molecule has 1 N–H and O–H groups in total. The van der Waals surface area contributed by atoms with Crippen molar-refractivity contribution in [3.05, 3.63) is 30.1 Å². The minimum Gasteiger partial charge on any atom is -0.479 e. The Hall–Kier alpha value is -1.42. The standard InChI is InChI=1S/C9H11NO3/c1-7(9(11)12)13-6-8-4-2-3-5-10-8/h2-5,7H,6H2,1H3,(H,11,12). The quantitative estimate of drug-likeness (QED) is 0.754. The van der Waals surface area contributed by atoms with Gasteiger partial charge in [0.1, 0.15) is 0 Å². The van der Waals surface area contributed by atoms with Crippen molar-refractivity contribution in [2.24, 2.45) is 0 Å². The number of nitrogens with zero attached hydrogens (tertiary/aromatic N) is 1. The Bertz CT molecular complexity index is 273. The third-order valence-corrected chi connectivity index (χ3v) is 1.56. The van der Waals surface area contributed by atoms with E-state index in [1.807, 2.05) is 6.07 Å². The Morgan fingerprint density at radius 1 is 1.69 bits per heavy atom. The number of pyridine rings is 1. The summed E-state index contributed by atoms with van der Waals surface area (Å²) in [7, 11) is 0. The summed E-state index contributed by atoms with van der Waals surface area (Å²) in [6.45, 7) is 1.72. The molecular formula is C9H11NO3. The fourth-order valence-electron chi connectivity index (χ4n) is 0.765. The normalized spacial score (nSPS) is 12.4. The zero-order valence-corrected chi connectivity index (χ0v) is 7.30. The molecule has 0 aliphatic rings. The Morgan fingerprint density at radius 3 is 3.00 bits per heavy atom. The van der Waals surface area contributed by atoms with Crippen LogP contribution in [0.25, 0.3) is 0 Å². The highest BCUT2D eigenvalue weighted by atomic mass is 16.5. The molecule has 1 rings (SSSR count). The molecule has 0 saturated carbocycles. The summed E-state index contributed by atoms with van der Waals surface area (Å²) >= 11 is 0. The van der Waals surface area contributed by atoms with Crippen LogP contribution in [0.4, 0.5) is 0 Å². The summed E-state index contributed by atoms with van der Waals surface area (Å²) < 4.78 is 5.03. The van der Waals surface area contributed by atoms with E-state index in [1.54, 1.807) is 18.3 Å². The first-order valence-electron chi connectivity index (χ1n) is 3.94. The smallest absolute Gasteiger partial charge is 0.332 e. The maximum atomic E-state index is 10.4. The van der Waals surface area contributed by atoms with Crippen molar-refractivity contribution in [3.8, 4) is 0 Å². The molecule has 1 unspecified atom stereocenters. The van der Waals surface area contributed by atoms with E-state index in [0.29, 0.717) is 0 Å². The molecule has 0 bridgehead atoms. The number of hydrogen-bond donors (Lipinski definition) is 1. The molecule has 0 aliphatic carbocycles. The number of hydrogen-bond acceptors (Lipinski definition) is 3. The minimum absolute atomic E-state index is 0.230. The number of ether oxygens (including phenoxy) is 1. The molecule has 1 aromatic rings. The molecule has 0 saturated heterocycles. The largest absolute Gasteiger partial charge is 0.479 e. The maximum absolute atomic E-state index is 10.4. The van der Waals surface area contributed by atoms with Gasteiger partial charge in [-0.2, -0.15) is 0 Å². The van der Waals surface area contributed by atoms with Gasteiger partial charge in [-0.3, -0.25) is 4.98 Å². The molecule has 4 nitrogen and oxygen atoms in total. The third-order valence-electron chi connectivity index (χ3n) is 1.56. The zero-order valence-electron chi connectivity index (χ0n) is 7.30. The van der Waals surface area contributed by atoms with Gasteiger partial charge in [0, 0.05) is 6.20 Å². The summed E-state index contributed by atoms with van der Waals surface area (Å²) in [4.78, 5) is 14.4. The van der Waals surface area contributed by atoms with Gasteiger partial charge in [0.15, 0.2) is 6.10 Å². The molecule has 4 heteroatoms. The van der Waals surface area contributed by atoms with Crippen LogP contribution in [0.1, 0.15) is 12.6 Å². The molecule has 0 radical (unpaired) electrons. The predicted molar refractivity (Wildman–Crippen MR) is 46.1 cm³/mol. The second kappa shape index (κ2) is 4.57. The van der Waals surface area contributed by atoms with Gasteiger partial charge in [0.25, 0.3) is 0 Å². The van der Waals surface area contributed by atoms with Crippen LogP contribution in [-0.2, 0) is 16.1 Å². The third kappa shape index (κ3) is 3.21. The van der Waals surface area contributed by atoms with Gasteiger partial charge >= 0.3 is 5.97 Å². The highest BCUT2D eigenvalue weighted by Crippen LogP contribution is 1.99. The SMILES string of the molecule is CC(OCc1ccccn1)C(=O)O. The second-order valence-electron chi connectivity index (χ2n) is 2.61. The molecule has 0 spiro atoms. The molecule has 1 heterocycles. The average molecular weight is 181 g/mol. The fourth-order valence-corrected chi connectivity index (χ4v) is 0.765. The van der Waals surface area contributed by atoms with Crippen molar-refractivity contribution in [2.75, 3.05) is 0 Å². The minimum atomic E-state index is -0.962. The molecular weight excluding hydrogens is 170 g/mol. The van der Waals surface area contributed by atoms with Crippen LogP contribution in [0.15, 0.2) is 24.4 Å². The fraction of sp³-hybridized carbons (Fsp3) is 0.333. The number of carboxylic acids is 1. The van der Waals surface area contributed by atoms with Crippen molar-refractivity contribution < 1.29 is 14.6 Å². The van der Waals surface area contributed by atoms with E-state index in [-0.39, 0.29) is 6.61 Å². The van der Waals surface area contributed by atoms with E-state index in [1.165, 1.54) is 6.92 Å². The molecule has 1 atom stereocenters. The first-order chi connectivity index (χ1) is 6.20. The highest BCUT2D eigenvalue weighted by Gasteiger charge is 2.10. The van der Waals surface area contributed by atoms with Crippen LogP contribution in [0, 0.1) is 0 Å². The van der Waals surface area contributed by atoms with Crippen molar-refractivity contribution >= 4 is 5.97 Å². The van der Waals surface area contributed by atoms with E-state index < -0.39 is 12.1 Å². The lowest BCUT2D eigenvalue weighted by Crippen LogP contribution is -2.19. The molecule has 13 heavy (non-hydrogen) atoms. The van der Waals surface area contributed by atoms with Crippen LogP contribution in [0.3, 0.4) is 0 Å². The number of carboxylic acid groups (broad SMARTS) is 1. The molecule has 0 amide bonds. The maximum Gasteiger partial charge on any atom is 0.332 e. The van der Waals surface area contributed by atoms with Crippen LogP contribution in [0.5, 0.6) is 0 Å². The van der Waals surface area contributed by atoms with Crippen LogP contribution in [-0.4, -0.2) is 22.2 Å². The van der Waals surface area contributed by atoms with E-state index in [0.717, 1.165) is 5.69 Å². The van der Waals surface area contributed by atoms with E-state index in [4.69, 9.17) is 9.84 Å². The Kier molecular flexibility index (Phi) is 3.40. The van der Waals surface area contributed by atoms with E-state index in [2.05, 4.69) is 4.98 Å². The molecule has 0 fully saturated rings. The van der Waals surface area contributed by atoms with Crippen LogP contribution in [0.2, 0.25) is 0 Å². The topological polar surface area (TPSA) is 59.4 Å². The number of aromatic nitrogens is 1. The Morgan fingerprint density at radius 2 is 2.46 bits per heavy atom. The van der Waals surface area contributed by atoms with Crippen molar-refractivity contribution in [1.29, 1.82) is 0 Å². The molecule has 0 aromatic carbocycles. The molecule has 70 valence electrons. The summed E-state index contributed by atoms with van der Waals surface area (Å²) in [6.07, 6.45) is 0.853. The first-order valence-corrected chi connectivity index (χ1v) is 3.94. The summed E-state index contributed by atoms with van der Waals surface area (Å²) in [6, 6.07) is 5.41. The van der Waals surface area contributed by atoms with Crippen molar-refractivity contribution in [2.45, 2.75) is 19.6 Å². The van der Waals surface area contributed by atoms with Gasteiger partial charge in [-0.1, -0.05) is 6.07 Å². The summed E-state index contributed by atoms with van der Waals surface area (Å²) in [5.74, 6) is -0.962. The van der Waals surface area contributed by atoms with Gasteiger partial charge in [-0.25, -0.2) is 4.79 Å². The average Bonchev–Trinajstić information content (AvgIpc) is 2.15. The Labute approximate surface area is 76.2 Å².